The summed E-state index contributed by atoms with van der Waals surface area (Å²) in [4.78, 5) is 15.7. The van der Waals surface area contributed by atoms with E-state index in [1.165, 1.54) is 32.3 Å². The van der Waals surface area contributed by atoms with Crippen molar-refractivity contribution in [3.05, 3.63) is 195 Å². The summed E-state index contributed by atoms with van der Waals surface area (Å²) in [5.41, 5.74) is 11.3. The van der Waals surface area contributed by atoms with Crippen molar-refractivity contribution in [3.8, 4) is 43.4 Å². The van der Waals surface area contributed by atoms with Gasteiger partial charge in [0.15, 0.2) is 0 Å². The van der Waals surface area contributed by atoms with Gasteiger partial charge in [0.2, 0.25) is 0 Å². The van der Waals surface area contributed by atoms with Crippen LogP contribution in [-0.2, 0) is 5.54 Å². The molecule has 0 atom stereocenters. The van der Waals surface area contributed by atoms with Gasteiger partial charge in [-0.05, 0) is 128 Å². The van der Waals surface area contributed by atoms with Gasteiger partial charge in [0.25, 0.3) is 0 Å². The highest BCUT2D eigenvalue weighted by Gasteiger charge is 2.24. The van der Waals surface area contributed by atoms with E-state index in [0.29, 0.717) is 0 Å². The Morgan fingerprint density at radius 3 is 1.12 bits per heavy atom. The van der Waals surface area contributed by atoms with Gasteiger partial charge >= 0.3 is 0 Å². The molecule has 9 rings (SSSR count). The maximum atomic E-state index is 4.30. The van der Waals surface area contributed by atoms with Crippen LogP contribution in [0.4, 0.5) is 32.8 Å². The zero-order chi connectivity index (χ0) is 38.8. The molecule has 0 N–H and O–H groups in total. The first-order chi connectivity index (χ1) is 27.9. The molecule has 0 saturated heterocycles. The Kier molecular flexibility index (Phi) is 9.85. The van der Waals surface area contributed by atoms with Gasteiger partial charge in [-0.1, -0.05) is 84.9 Å². The third-order valence-electron chi connectivity index (χ3n) is 9.98. The lowest BCUT2D eigenvalue weighted by Crippen LogP contribution is -2.23. The predicted molar refractivity (Wildman–Crippen MR) is 242 cm³/mol. The number of hydrogen-bond acceptors (Lipinski definition) is 6. The third-order valence-corrected chi connectivity index (χ3v) is 12.2. The minimum absolute atomic E-state index is 0.173. The molecule has 9 aromatic rings. The van der Waals surface area contributed by atoms with E-state index in [1.54, 1.807) is 22.7 Å². The molecule has 0 fully saturated rings. The number of anilines is 6. The van der Waals surface area contributed by atoms with Crippen LogP contribution in [0, 0.1) is 0 Å². The average Bonchev–Trinajstić information content (AvgIpc) is 4.05. The molecule has 0 aliphatic rings. The highest BCUT2D eigenvalue weighted by molar-refractivity contribution is 7.19. The molecule has 5 nitrogen and oxygen atoms in total. The molecular weight excluding hydrogens is 735 g/mol. The molecule has 0 aliphatic carbocycles. The number of hydrogen-bond donors (Lipinski definition) is 0. The number of nitrogens with zero attached hydrogens (tertiary/aromatic N) is 5. The third kappa shape index (κ3) is 7.43. The van der Waals surface area contributed by atoms with Crippen LogP contribution in [0.2, 0.25) is 0 Å². The maximum absolute atomic E-state index is 4.30. The van der Waals surface area contributed by atoms with Crippen LogP contribution < -0.4 is 9.80 Å². The van der Waals surface area contributed by atoms with Crippen molar-refractivity contribution in [2.75, 3.05) is 9.80 Å². The molecule has 0 saturated carbocycles. The van der Waals surface area contributed by atoms with Crippen molar-refractivity contribution in [2.45, 2.75) is 26.3 Å². The minimum Gasteiger partial charge on any atom is -0.335 e. The molecule has 0 radical (unpaired) electrons. The van der Waals surface area contributed by atoms with E-state index in [4.69, 9.17) is 0 Å². The fourth-order valence-corrected chi connectivity index (χ4v) is 9.48. The van der Waals surface area contributed by atoms with E-state index in [9.17, 15) is 0 Å². The van der Waals surface area contributed by atoms with Gasteiger partial charge in [-0.25, -0.2) is 0 Å². The lowest BCUT2D eigenvalue weighted by atomic mass is 10.0. The number of rotatable bonds is 10. The van der Waals surface area contributed by atoms with Gasteiger partial charge in [0, 0.05) is 74.2 Å². The van der Waals surface area contributed by atoms with E-state index < -0.39 is 0 Å². The second-order valence-electron chi connectivity index (χ2n) is 14.8. The van der Waals surface area contributed by atoms with Crippen LogP contribution in [-0.4, -0.2) is 14.5 Å². The normalized spacial score (nSPS) is 11.4. The lowest BCUT2D eigenvalue weighted by Gasteiger charge is -2.29. The van der Waals surface area contributed by atoms with Crippen molar-refractivity contribution >= 4 is 55.4 Å². The lowest BCUT2D eigenvalue weighted by molar-refractivity contribution is 0.407. The van der Waals surface area contributed by atoms with Gasteiger partial charge in [0.1, 0.15) is 10.0 Å². The SMILES string of the molecule is CC(C)(C)n1c(-c2ccc(N(c3ccncc3)c3ccc(-c4ccccc4)s3)cc2)ccc1-c1ccc(N(c2ccncc2)c2ccc(-c3ccccc3)s2)cc1. The molecular formula is C50H41N5S2. The standard InChI is InChI=1S/C50H41N5S2/c1-50(2,3)55-44(36-14-18-40(19-15-36)53(42-28-32-51-33-29-42)48-26-24-46(56-48)38-10-6-4-7-11-38)22-23-45(55)37-16-20-41(21-17-37)54(43-30-34-52-35-31-43)49-27-25-47(57-49)39-12-8-5-9-13-39/h4-35H,1-3H3. The first-order valence-corrected chi connectivity index (χ1v) is 20.7. The monoisotopic (exact) mass is 775 g/mol. The summed E-state index contributed by atoms with van der Waals surface area (Å²) < 4.78 is 2.47. The Morgan fingerprint density at radius 1 is 0.386 bits per heavy atom. The molecule has 0 aliphatic heterocycles. The molecule has 5 heterocycles. The van der Waals surface area contributed by atoms with Crippen molar-refractivity contribution in [2.24, 2.45) is 0 Å². The van der Waals surface area contributed by atoms with Crippen LogP contribution >= 0.6 is 22.7 Å². The number of pyridine rings is 2. The van der Waals surface area contributed by atoms with Gasteiger partial charge in [0.05, 0.1) is 0 Å². The second kappa shape index (κ2) is 15.5. The molecule has 7 heteroatoms. The Hall–Kier alpha value is -6.54. The summed E-state index contributed by atoms with van der Waals surface area (Å²) in [7, 11) is 0. The van der Waals surface area contributed by atoms with Crippen LogP contribution in [0.15, 0.2) is 195 Å². The molecule has 0 amide bonds. The smallest absolute Gasteiger partial charge is 0.101 e. The van der Waals surface area contributed by atoms with Gasteiger partial charge in [-0.2, -0.15) is 0 Å². The van der Waals surface area contributed by atoms with Crippen LogP contribution in [0.25, 0.3) is 43.4 Å². The fraction of sp³-hybridized carbons (Fsp3) is 0.0800. The zero-order valence-electron chi connectivity index (χ0n) is 32.0. The maximum Gasteiger partial charge on any atom is 0.101 e. The van der Waals surface area contributed by atoms with E-state index in [2.05, 4.69) is 215 Å². The zero-order valence-corrected chi connectivity index (χ0v) is 33.7. The molecule has 4 aromatic carbocycles. The molecule has 0 bridgehead atoms. The Labute approximate surface area is 342 Å². The predicted octanol–water partition coefficient (Wildman–Crippen LogP) is 14.8. The van der Waals surface area contributed by atoms with Crippen LogP contribution in [0.3, 0.4) is 0 Å². The fourth-order valence-electron chi connectivity index (χ4n) is 7.38. The van der Waals surface area contributed by atoms with E-state index in [-0.39, 0.29) is 5.54 Å². The summed E-state index contributed by atoms with van der Waals surface area (Å²) in [5, 5.41) is 2.30. The number of aromatic nitrogens is 3. The summed E-state index contributed by atoms with van der Waals surface area (Å²) in [5.74, 6) is 0. The van der Waals surface area contributed by atoms with E-state index in [1.807, 2.05) is 24.8 Å². The van der Waals surface area contributed by atoms with Crippen LogP contribution in [0.1, 0.15) is 20.8 Å². The first kappa shape index (κ1) is 36.1. The average molecular weight is 776 g/mol. The Bertz CT molecular complexity index is 2510. The van der Waals surface area contributed by atoms with E-state index in [0.717, 1.165) is 43.9 Å². The Balaban J connectivity index is 1.04. The number of thiophene rings is 2. The van der Waals surface area contributed by atoms with Crippen molar-refractivity contribution in [3.63, 3.8) is 0 Å². The molecule has 0 unspecified atom stereocenters. The summed E-state index contributed by atoms with van der Waals surface area (Å²) >= 11 is 3.57. The largest absolute Gasteiger partial charge is 0.335 e. The molecule has 5 aromatic heterocycles. The second-order valence-corrected chi connectivity index (χ2v) is 16.9. The summed E-state index contributed by atoms with van der Waals surface area (Å²) in [6.45, 7) is 6.84. The van der Waals surface area contributed by atoms with Crippen molar-refractivity contribution in [1.82, 2.24) is 14.5 Å². The van der Waals surface area contributed by atoms with Crippen molar-refractivity contribution < 1.29 is 0 Å². The quantitative estimate of drug-likeness (QED) is 0.139. The van der Waals surface area contributed by atoms with Crippen molar-refractivity contribution in [1.29, 1.82) is 0 Å². The first-order valence-electron chi connectivity index (χ1n) is 19.0. The Morgan fingerprint density at radius 2 is 0.754 bits per heavy atom. The van der Waals surface area contributed by atoms with Crippen LogP contribution in [0.5, 0.6) is 0 Å². The number of benzene rings is 4. The van der Waals surface area contributed by atoms with Gasteiger partial charge in [-0.15, -0.1) is 22.7 Å². The van der Waals surface area contributed by atoms with Gasteiger partial charge < -0.3 is 14.4 Å². The molecule has 278 valence electrons. The molecule has 0 spiro atoms. The topological polar surface area (TPSA) is 37.2 Å². The molecule has 57 heavy (non-hydrogen) atoms. The summed E-state index contributed by atoms with van der Waals surface area (Å²) in [6, 6.07) is 60.7. The highest BCUT2D eigenvalue weighted by atomic mass is 32.1. The highest BCUT2D eigenvalue weighted by Crippen LogP contribution is 2.44. The van der Waals surface area contributed by atoms with Gasteiger partial charge in [-0.3, -0.25) is 9.97 Å². The summed E-state index contributed by atoms with van der Waals surface area (Å²) in [6.07, 6.45) is 7.42. The van der Waals surface area contributed by atoms with E-state index >= 15 is 0 Å². The minimum atomic E-state index is -0.173.